The summed E-state index contributed by atoms with van der Waals surface area (Å²) in [6, 6.07) is 0. The number of rotatable bonds is 0. The summed E-state index contributed by atoms with van der Waals surface area (Å²) in [7, 11) is 0. The molecule has 0 radical (unpaired) electrons. The van der Waals surface area contributed by atoms with E-state index in [1.807, 2.05) is 24.3 Å². The van der Waals surface area contributed by atoms with Crippen molar-refractivity contribution in [2.75, 3.05) is 0 Å². The van der Waals surface area contributed by atoms with Gasteiger partial charge in [0.15, 0.2) is 5.78 Å². The summed E-state index contributed by atoms with van der Waals surface area (Å²) in [4.78, 5) is 10.9. The minimum absolute atomic E-state index is 0.0691. The van der Waals surface area contributed by atoms with Crippen LogP contribution in [-0.4, -0.2) is 5.78 Å². The molecule has 0 aliphatic heterocycles. The van der Waals surface area contributed by atoms with Gasteiger partial charge in [-0.25, -0.2) is 0 Å². The molecule has 0 atom stereocenters. The van der Waals surface area contributed by atoms with Crippen molar-refractivity contribution >= 4 is 5.78 Å². The van der Waals surface area contributed by atoms with Crippen molar-refractivity contribution in [1.29, 1.82) is 0 Å². The van der Waals surface area contributed by atoms with Crippen LogP contribution in [0.5, 0.6) is 0 Å². The fourth-order valence-electron chi connectivity index (χ4n) is 1.40. The lowest BCUT2D eigenvalue weighted by atomic mass is 9.98. The molecule has 0 spiro atoms. The van der Waals surface area contributed by atoms with Crippen LogP contribution in [0.25, 0.3) is 0 Å². The van der Waals surface area contributed by atoms with E-state index < -0.39 is 0 Å². The third-order valence-corrected chi connectivity index (χ3v) is 2.11. The highest BCUT2D eigenvalue weighted by molar-refractivity contribution is 6.01. The molecule has 0 aromatic heterocycles. The maximum absolute atomic E-state index is 10.9. The third kappa shape index (κ3) is 1.75. The zero-order valence-corrected chi connectivity index (χ0v) is 7.23. The van der Waals surface area contributed by atoms with Crippen molar-refractivity contribution in [3.8, 4) is 0 Å². The van der Waals surface area contributed by atoms with E-state index >= 15 is 0 Å². The smallest absolute Gasteiger partial charge is 0.178 e. The van der Waals surface area contributed by atoms with Gasteiger partial charge < -0.3 is 0 Å². The monoisotopic (exact) mass is 170 g/mol. The number of hydrogen-bond acceptors (Lipinski definition) is 1. The van der Waals surface area contributed by atoms with Gasteiger partial charge in [-0.1, -0.05) is 36.5 Å². The van der Waals surface area contributed by atoms with Gasteiger partial charge in [-0.3, -0.25) is 4.79 Å². The van der Waals surface area contributed by atoms with Crippen LogP contribution in [0.4, 0.5) is 0 Å². The Hall–Kier alpha value is -1.63. The van der Waals surface area contributed by atoms with Crippen LogP contribution in [0.2, 0.25) is 0 Å². The Labute approximate surface area is 77.5 Å². The van der Waals surface area contributed by atoms with E-state index in [2.05, 4.69) is 12.2 Å². The molecule has 2 rings (SSSR count). The Kier molecular flexibility index (Phi) is 2.09. The van der Waals surface area contributed by atoms with Gasteiger partial charge in [-0.15, -0.1) is 0 Å². The van der Waals surface area contributed by atoms with E-state index in [9.17, 15) is 4.79 Å². The maximum Gasteiger partial charge on any atom is 0.178 e. The Morgan fingerprint density at radius 2 is 1.69 bits per heavy atom. The Balaban J connectivity index is 2.30. The summed E-state index contributed by atoms with van der Waals surface area (Å²) < 4.78 is 0. The predicted molar refractivity (Wildman–Crippen MR) is 53.2 cm³/mol. The summed E-state index contributed by atoms with van der Waals surface area (Å²) >= 11 is 0. The highest BCUT2D eigenvalue weighted by atomic mass is 16.1. The lowest BCUT2D eigenvalue weighted by Gasteiger charge is -2.07. The second-order valence-corrected chi connectivity index (χ2v) is 3.04. The molecule has 0 aromatic rings. The Morgan fingerprint density at radius 1 is 0.923 bits per heavy atom. The van der Waals surface area contributed by atoms with Crippen LogP contribution in [0.3, 0.4) is 0 Å². The first-order valence-corrected chi connectivity index (χ1v) is 4.33. The predicted octanol–water partition coefficient (Wildman–Crippen LogP) is 2.49. The molecule has 0 saturated heterocycles. The third-order valence-electron chi connectivity index (χ3n) is 2.11. The van der Waals surface area contributed by atoms with Crippen molar-refractivity contribution in [1.82, 2.24) is 0 Å². The molecule has 2 aliphatic carbocycles. The number of carbonyl (C=O) groups is 1. The van der Waals surface area contributed by atoms with Gasteiger partial charge in [0.2, 0.25) is 0 Å². The van der Waals surface area contributed by atoms with E-state index in [0.717, 1.165) is 12.0 Å². The van der Waals surface area contributed by atoms with E-state index in [-0.39, 0.29) is 5.78 Å². The fraction of sp³-hybridized carbons (Fsp3) is 0.0833. The van der Waals surface area contributed by atoms with E-state index in [4.69, 9.17) is 0 Å². The summed E-state index contributed by atoms with van der Waals surface area (Å²) in [5.74, 6) is 0.0691. The van der Waals surface area contributed by atoms with Crippen molar-refractivity contribution in [2.24, 2.45) is 0 Å². The van der Waals surface area contributed by atoms with Gasteiger partial charge in [0.05, 0.1) is 0 Å². The zero-order chi connectivity index (χ0) is 9.10. The van der Waals surface area contributed by atoms with E-state index in [1.165, 1.54) is 5.57 Å². The summed E-state index contributed by atoms with van der Waals surface area (Å²) in [5.41, 5.74) is 2.41. The second-order valence-electron chi connectivity index (χ2n) is 3.04. The normalized spacial score (nSPS) is 20.2. The van der Waals surface area contributed by atoms with Crippen LogP contribution >= 0.6 is 0 Å². The average molecular weight is 170 g/mol. The molecule has 0 amide bonds. The fourth-order valence-corrected chi connectivity index (χ4v) is 1.40. The Bertz CT molecular complexity index is 358. The molecule has 0 heterocycles. The summed E-state index contributed by atoms with van der Waals surface area (Å²) in [6.07, 6.45) is 16.2. The second kappa shape index (κ2) is 3.40. The van der Waals surface area contributed by atoms with Crippen molar-refractivity contribution in [3.05, 3.63) is 59.8 Å². The number of carbonyl (C=O) groups excluding carboxylic acids is 1. The average Bonchev–Trinajstić information content (AvgIpc) is 2.20. The van der Waals surface area contributed by atoms with Crippen LogP contribution in [0, 0.1) is 0 Å². The summed E-state index contributed by atoms with van der Waals surface area (Å²) in [6.45, 7) is 0. The molecule has 64 valence electrons. The van der Waals surface area contributed by atoms with Crippen molar-refractivity contribution < 1.29 is 4.79 Å². The van der Waals surface area contributed by atoms with E-state index in [1.54, 1.807) is 12.2 Å². The molecule has 0 unspecified atom stereocenters. The molecule has 0 N–H and O–H groups in total. The highest BCUT2D eigenvalue weighted by Crippen LogP contribution is 2.19. The summed E-state index contributed by atoms with van der Waals surface area (Å²) in [5, 5.41) is 0. The van der Waals surface area contributed by atoms with Crippen molar-refractivity contribution in [2.45, 2.75) is 6.42 Å². The van der Waals surface area contributed by atoms with Gasteiger partial charge in [0.25, 0.3) is 0 Å². The Morgan fingerprint density at radius 3 is 2.31 bits per heavy atom. The van der Waals surface area contributed by atoms with Crippen molar-refractivity contribution in [3.63, 3.8) is 0 Å². The van der Waals surface area contributed by atoms with Gasteiger partial charge in [0.1, 0.15) is 0 Å². The molecule has 1 heteroatoms. The highest BCUT2D eigenvalue weighted by Gasteiger charge is 2.03. The largest absolute Gasteiger partial charge is 0.290 e. The molecule has 0 bridgehead atoms. The molecular formula is C12H10O. The first-order chi connectivity index (χ1) is 6.36. The minimum atomic E-state index is 0.0691. The van der Waals surface area contributed by atoms with Gasteiger partial charge >= 0.3 is 0 Å². The molecule has 1 nitrogen and oxygen atoms in total. The quantitative estimate of drug-likeness (QED) is 0.546. The lowest BCUT2D eigenvalue weighted by Crippen LogP contribution is -1.94. The number of allylic oxidation sites excluding steroid dienone is 10. The molecule has 13 heavy (non-hydrogen) atoms. The zero-order valence-electron chi connectivity index (χ0n) is 7.23. The lowest BCUT2D eigenvalue weighted by molar-refractivity contribution is -0.110. The van der Waals surface area contributed by atoms with Crippen LogP contribution < -0.4 is 0 Å². The van der Waals surface area contributed by atoms with Gasteiger partial charge in [-0.2, -0.15) is 0 Å². The maximum atomic E-state index is 10.9. The molecule has 2 aliphatic rings. The SMILES string of the molecule is O=C1C=CC(=C2C=CC=CC2)C=C1. The topological polar surface area (TPSA) is 17.1 Å². The molecular weight excluding hydrogens is 160 g/mol. The van der Waals surface area contributed by atoms with Crippen LogP contribution in [0.1, 0.15) is 6.42 Å². The molecule has 0 aromatic carbocycles. The first kappa shape index (κ1) is 7.99. The first-order valence-electron chi connectivity index (χ1n) is 4.33. The number of hydrogen-bond donors (Lipinski definition) is 0. The van der Waals surface area contributed by atoms with E-state index in [0.29, 0.717) is 0 Å². The standard InChI is InChI=1S/C12H10O/c13-12-8-6-11(7-9-12)10-4-2-1-3-5-10/h1-4,6-9H,5H2. The van der Waals surface area contributed by atoms with Gasteiger partial charge in [0, 0.05) is 0 Å². The minimum Gasteiger partial charge on any atom is -0.290 e. The van der Waals surface area contributed by atoms with Gasteiger partial charge in [-0.05, 0) is 29.7 Å². The molecule has 0 fully saturated rings. The van der Waals surface area contributed by atoms with Crippen LogP contribution in [0.15, 0.2) is 59.8 Å². The molecule has 0 saturated carbocycles. The van der Waals surface area contributed by atoms with Crippen LogP contribution in [-0.2, 0) is 4.79 Å². The number of ketones is 1.